The summed E-state index contributed by atoms with van der Waals surface area (Å²) in [5, 5.41) is 9.39. The van der Waals surface area contributed by atoms with Crippen LogP contribution in [0.4, 0.5) is 11.4 Å². The highest BCUT2D eigenvalue weighted by molar-refractivity contribution is 7.08. The lowest BCUT2D eigenvalue weighted by molar-refractivity contribution is -0.116. The Labute approximate surface area is 153 Å². The number of hydrogen-bond donors (Lipinski definition) is 2. The van der Waals surface area contributed by atoms with Crippen LogP contribution in [0.5, 0.6) is 0 Å². The summed E-state index contributed by atoms with van der Waals surface area (Å²) in [5.74, 6) is -0.131. The molecule has 1 aromatic heterocycles. The van der Waals surface area contributed by atoms with Crippen LogP contribution in [0, 0.1) is 0 Å². The standard InChI is InChI=1S/C19H25N3O2S/c1-3-22(4-2)17-9-7-16(8-10-17)21-18(23)6-5-12-20-19(24)15-11-13-25-14-15/h7-11,13-14H,3-6,12H2,1-2H3,(H,20,24)(H,21,23). The lowest BCUT2D eigenvalue weighted by atomic mass is 10.2. The van der Waals surface area contributed by atoms with E-state index in [2.05, 4.69) is 29.4 Å². The third kappa shape index (κ3) is 5.90. The van der Waals surface area contributed by atoms with E-state index < -0.39 is 0 Å². The molecule has 0 atom stereocenters. The van der Waals surface area contributed by atoms with Crippen LogP contribution in [0.25, 0.3) is 0 Å². The van der Waals surface area contributed by atoms with Crippen molar-refractivity contribution in [1.29, 1.82) is 0 Å². The monoisotopic (exact) mass is 359 g/mol. The van der Waals surface area contributed by atoms with Crippen molar-refractivity contribution in [2.75, 3.05) is 29.9 Å². The van der Waals surface area contributed by atoms with Crippen LogP contribution in [0.1, 0.15) is 37.0 Å². The maximum Gasteiger partial charge on any atom is 0.252 e. The van der Waals surface area contributed by atoms with E-state index in [1.165, 1.54) is 11.3 Å². The van der Waals surface area contributed by atoms with E-state index in [-0.39, 0.29) is 11.8 Å². The second-order valence-electron chi connectivity index (χ2n) is 5.64. The Hall–Kier alpha value is -2.34. The molecular formula is C19H25N3O2S. The van der Waals surface area contributed by atoms with E-state index in [4.69, 9.17) is 0 Å². The molecule has 134 valence electrons. The first-order valence-corrected chi connectivity index (χ1v) is 9.53. The van der Waals surface area contributed by atoms with Gasteiger partial charge in [0, 0.05) is 48.4 Å². The number of hydrogen-bond acceptors (Lipinski definition) is 4. The number of thiophene rings is 1. The summed E-state index contributed by atoms with van der Waals surface area (Å²) in [4.78, 5) is 26.0. The Kier molecular flexibility index (Phi) is 7.47. The summed E-state index contributed by atoms with van der Waals surface area (Å²) in [6.07, 6.45) is 0.987. The summed E-state index contributed by atoms with van der Waals surface area (Å²) >= 11 is 1.49. The lowest BCUT2D eigenvalue weighted by Crippen LogP contribution is -2.25. The molecule has 2 aromatic rings. The minimum Gasteiger partial charge on any atom is -0.372 e. The van der Waals surface area contributed by atoms with Crippen molar-refractivity contribution in [2.45, 2.75) is 26.7 Å². The maximum absolute atomic E-state index is 12.0. The highest BCUT2D eigenvalue weighted by Crippen LogP contribution is 2.17. The van der Waals surface area contributed by atoms with Crippen LogP contribution in [-0.2, 0) is 4.79 Å². The quantitative estimate of drug-likeness (QED) is 0.671. The van der Waals surface area contributed by atoms with E-state index in [1.807, 2.05) is 35.0 Å². The van der Waals surface area contributed by atoms with Gasteiger partial charge in [-0.25, -0.2) is 0 Å². The van der Waals surface area contributed by atoms with Crippen molar-refractivity contribution in [2.24, 2.45) is 0 Å². The van der Waals surface area contributed by atoms with Crippen molar-refractivity contribution in [1.82, 2.24) is 5.32 Å². The van der Waals surface area contributed by atoms with Gasteiger partial charge in [0.05, 0.1) is 0 Å². The van der Waals surface area contributed by atoms with Crippen LogP contribution in [0.3, 0.4) is 0 Å². The number of carbonyl (C=O) groups is 2. The van der Waals surface area contributed by atoms with Crippen LogP contribution in [-0.4, -0.2) is 31.4 Å². The second-order valence-corrected chi connectivity index (χ2v) is 6.42. The van der Waals surface area contributed by atoms with Gasteiger partial charge in [-0.05, 0) is 56.0 Å². The summed E-state index contributed by atoms with van der Waals surface area (Å²) < 4.78 is 0. The van der Waals surface area contributed by atoms with Crippen molar-refractivity contribution in [3.63, 3.8) is 0 Å². The Balaban J connectivity index is 1.70. The Morgan fingerprint density at radius 1 is 1.08 bits per heavy atom. The molecule has 0 saturated heterocycles. The first-order chi connectivity index (χ1) is 12.1. The van der Waals surface area contributed by atoms with Crippen molar-refractivity contribution in [3.8, 4) is 0 Å². The van der Waals surface area contributed by atoms with E-state index >= 15 is 0 Å². The molecule has 25 heavy (non-hydrogen) atoms. The number of nitrogens with one attached hydrogen (secondary N) is 2. The SMILES string of the molecule is CCN(CC)c1ccc(NC(=O)CCCNC(=O)c2ccsc2)cc1. The third-order valence-corrected chi connectivity index (χ3v) is 4.61. The van der Waals surface area contributed by atoms with Gasteiger partial charge in [0.15, 0.2) is 0 Å². The van der Waals surface area contributed by atoms with Crippen molar-refractivity contribution < 1.29 is 9.59 Å². The minimum absolute atomic E-state index is 0.0413. The van der Waals surface area contributed by atoms with Crippen LogP contribution >= 0.6 is 11.3 Å². The molecule has 0 aliphatic heterocycles. The fourth-order valence-electron chi connectivity index (χ4n) is 2.51. The minimum atomic E-state index is -0.0892. The molecule has 0 unspecified atom stereocenters. The molecule has 0 bridgehead atoms. The van der Waals surface area contributed by atoms with E-state index in [0.717, 1.165) is 24.5 Å². The molecule has 2 N–H and O–H groups in total. The highest BCUT2D eigenvalue weighted by Gasteiger charge is 2.07. The maximum atomic E-state index is 12.0. The molecule has 1 heterocycles. The predicted octanol–water partition coefficient (Wildman–Crippen LogP) is 3.74. The summed E-state index contributed by atoms with van der Waals surface area (Å²) in [5.41, 5.74) is 2.62. The largest absolute Gasteiger partial charge is 0.372 e. The molecule has 6 heteroatoms. The molecule has 2 rings (SSSR count). The van der Waals surface area contributed by atoms with Gasteiger partial charge in [0.25, 0.3) is 5.91 Å². The topological polar surface area (TPSA) is 61.4 Å². The normalized spacial score (nSPS) is 10.3. The van der Waals surface area contributed by atoms with Gasteiger partial charge in [0.2, 0.25) is 5.91 Å². The molecule has 2 amide bonds. The molecule has 5 nitrogen and oxygen atoms in total. The summed E-state index contributed by atoms with van der Waals surface area (Å²) in [6.45, 7) is 6.65. The zero-order chi connectivity index (χ0) is 18.1. The third-order valence-electron chi connectivity index (χ3n) is 3.93. The van der Waals surface area contributed by atoms with Gasteiger partial charge in [-0.15, -0.1) is 0 Å². The van der Waals surface area contributed by atoms with Gasteiger partial charge in [0.1, 0.15) is 0 Å². The molecule has 0 spiro atoms. The Morgan fingerprint density at radius 2 is 1.80 bits per heavy atom. The molecule has 0 radical (unpaired) electrons. The highest BCUT2D eigenvalue weighted by atomic mass is 32.1. The first-order valence-electron chi connectivity index (χ1n) is 8.59. The van der Waals surface area contributed by atoms with Gasteiger partial charge in [-0.3, -0.25) is 9.59 Å². The van der Waals surface area contributed by atoms with Gasteiger partial charge >= 0.3 is 0 Å². The van der Waals surface area contributed by atoms with Gasteiger partial charge in [-0.1, -0.05) is 0 Å². The zero-order valence-corrected chi connectivity index (χ0v) is 15.6. The smallest absolute Gasteiger partial charge is 0.252 e. The fourth-order valence-corrected chi connectivity index (χ4v) is 3.15. The lowest BCUT2D eigenvalue weighted by Gasteiger charge is -2.21. The van der Waals surface area contributed by atoms with Gasteiger partial charge in [-0.2, -0.15) is 11.3 Å². The fraction of sp³-hybridized carbons (Fsp3) is 0.368. The second kappa shape index (κ2) is 9.84. The van der Waals surface area contributed by atoms with Gasteiger partial charge < -0.3 is 15.5 Å². The molecule has 0 saturated carbocycles. The number of benzene rings is 1. The predicted molar refractivity (Wildman–Crippen MR) is 105 cm³/mol. The number of nitrogens with zero attached hydrogens (tertiary/aromatic N) is 1. The molecule has 0 aliphatic carbocycles. The van der Waals surface area contributed by atoms with E-state index in [9.17, 15) is 9.59 Å². The van der Waals surface area contributed by atoms with Crippen molar-refractivity contribution >= 4 is 34.5 Å². The van der Waals surface area contributed by atoms with Crippen molar-refractivity contribution in [3.05, 3.63) is 46.7 Å². The van der Waals surface area contributed by atoms with Crippen LogP contribution < -0.4 is 15.5 Å². The Bertz CT molecular complexity index is 664. The summed E-state index contributed by atoms with van der Waals surface area (Å²) in [7, 11) is 0. The summed E-state index contributed by atoms with van der Waals surface area (Å²) in [6, 6.07) is 9.66. The van der Waals surface area contributed by atoms with E-state index in [1.54, 1.807) is 6.07 Å². The zero-order valence-electron chi connectivity index (χ0n) is 14.7. The molecule has 0 fully saturated rings. The van der Waals surface area contributed by atoms with Crippen LogP contribution in [0.15, 0.2) is 41.1 Å². The average molecular weight is 359 g/mol. The number of anilines is 2. The number of carbonyl (C=O) groups excluding carboxylic acids is 2. The molecule has 1 aromatic carbocycles. The first kappa shape index (κ1) is 19.0. The van der Waals surface area contributed by atoms with Crippen LogP contribution in [0.2, 0.25) is 0 Å². The molecule has 0 aliphatic rings. The van der Waals surface area contributed by atoms with E-state index in [0.29, 0.717) is 24.9 Å². The number of amides is 2. The average Bonchev–Trinajstić information content (AvgIpc) is 3.16. The number of rotatable bonds is 9. The molecular weight excluding hydrogens is 334 g/mol. The Morgan fingerprint density at radius 3 is 2.40 bits per heavy atom.